The zero-order valence-corrected chi connectivity index (χ0v) is 10.8. The number of hydrogen-bond donors (Lipinski definition) is 1. The molecule has 0 saturated heterocycles. The molecule has 17 heavy (non-hydrogen) atoms. The molecule has 0 unspecified atom stereocenters. The van der Waals surface area contributed by atoms with E-state index in [1.54, 1.807) is 0 Å². The van der Waals surface area contributed by atoms with Crippen LogP contribution in [0, 0.1) is 5.41 Å². The van der Waals surface area contributed by atoms with Gasteiger partial charge in [0, 0.05) is 25.3 Å². The van der Waals surface area contributed by atoms with E-state index in [4.69, 9.17) is 0 Å². The van der Waals surface area contributed by atoms with E-state index in [-0.39, 0.29) is 0 Å². The zero-order valence-electron chi connectivity index (χ0n) is 10.8. The molecule has 1 aromatic rings. The molecule has 0 aliphatic heterocycles. The van der Waals surface area contributed by atoms with E-state index >= 15 is 0 Å². The highest BCUT2D eigenvalue weighted by atomic mass is 15.1. The smallest absolute Gasteiger partial charge is 0.0948 e. The standard InChI is InChI=1S/C14H23N3/c1-14(6-2-3-7-14)10-17-11-15-8-13(17)9-16-12-4-5-12/h8,11-12,16H,2-7,9-10H2,1H3. The second-order valence-electron chi connectivity index (χ2n) is 6.19. The van der Waals surface area contributed by atoms with Crippen molar-refractivity contribution < 1.29 is 0 Å². The van der Waals surface area contributed by atoms with Gasteiger partial charge in [0.15, 0.2) is 0 Å². The molecule has 0 amide bonds. The molecular weight excluding hydrogens is 210 g/mol. The number of nitrogens with one attached hydrogen (secondary N) is 1. The summed E-state index contributed by atoms with van der Waals surface area (Å²) >= 11 is 0. The maximum Gasteiger partial charge on any atom is 0.0948 e. The van der Waals surface area contributed by atoms with Gasteiger partial charge in [0.05, 0.1) is 12.0 Å². The van der Waals surface area contributed by atoms with Crippen LogP contribution in [0.5, 0.6) is 0 Å². The van der Waals surface area contributed by atoms with Crippen LogP contribution in [0.25, 0.3) is 0 Å². The van der Waals surface area contributed by atoms with Gasteiger partial charge in [-0.3, -0.25) is 0 Å². The minimum atomic E-state index is 0.509. The summed E-state index contributed by atoms with van der Waals surface area (Å²) in [6.45, 7) is 4.56. The van der Waals surface area contributed by atoms with Crippen LogP contribution in [0.1, 0.15) is 51.1 Å². The fraction of sp³-hybridized carbons (Fsp3) is 0.786. The molecule has 3 rings (SSSR count). The Morgan fingerprint density at radius 3 is 2.88 bits per heavy atom. The first-order chi connectivity index (χ1) is 8.25. The Morgan fingerprint density at radius 1 is 1.41 bits per heavy atom. The molecule has 0 spiro atoms. The highest BCUT2D eigenvalue weighted by Gasteiger charge is 2.29. The van der Waals surface area contributed by atoms with Crippen LogP contribution in [0.15, 0.2) is 12.5 Å². The molecule has 94 valence electrons. The summed E-state index contributed by atoms with van der Waals surface area (Å²) in [5.74, 6) is 0. The molecule has 2 aliphatic rings. The highest BCUT2D eigenvalue weighted by molar-refractivity contribution is 5.01. The SMILES string of the molecule is CC1(Cn2cncc2CNC2CC2)CCCC1. The third-order valence-electron chi connectivity index (χ3n) is 4.31. The van der Waals surface area contributed by atoms with Gasteiger partial charge in [0.2, 0.25) is 0 Å². The average Bonchev–Trinajstić information content (AvgIpc) is 2.89. The average molecular weight is 233 g/mol. The van der Waals surface area contributed by atoms with Gasteiger partial charge in [-0.25, -0.2) is 4.98 Å². The van der Waals surface area contributed by atoms with E-state index < -0.39 is 0 Å². The van der Waals surface area contributed by atoms with Crippen molar-refractivity contribution in [1.82, 2.24) is 14.9 Å². The Morgan fingerprint density at radius 2 is 2.18 bits per heavy atom. The summed E-state index contributed by atoms with van der Waals surface area (Å²) < 4.78 is 2.36. The van der Waals surface area contributed by atoms with Gasteiger partial charge in [0.25, 0.3) is 0 Å². The monoisotopic (exact) mass is 233 g/mol. The Balaban J connectivity index is 1.63. The van der Waals surface area contributed by atoms with Gasteiger partial charge in [0.1, 0.15) is 0 Å². The number of rotatable bonds is 5. The molecule has 0 atom stereocenters. The van der Waals surface area contributed by atoms with Crippen molar-refractivity contribution in [3.8, 4) is 0 Å². The lowest BCUT2D eigenvalue weighted by Crippen LogP contribution is -2.23. The van der Waals surface area contributed by atoms with E-state index in [1.165, 1.54) is 44.2 Å². The fourth-order valence-corrected chi connectivity index (χ4v) is 2.97. The maximum absolute atomic E-state index is 4.32. The first-order valence-corrected chi connectivity index (χ1v) is 6.98. The van der Waals surface area contributed by atoms with Gasteiger partial charge in [-0.15, -0.1) is 0 Å². The van der Waals surface area contributed by atoms with Crippen molar-refractivity contribution in [3.05, 3.63) is 18.2 Å². The van der Waals surface area contributed by atoms with Crippen LogP contribution in [0.2, 0.25) is 0 Å². The lowest BCUT2D eigenvalue weighted by molar-refractivity contribution is 0.277. The molecule has 2 saturated carbocycles. The number of aromatic nitrogens is 2. The van der Waals surface area contributed by atoms with Crippen molar-refractivity contribution in [1.29, 1.82) is 0 Å². The lowest BCUT2D eigenvalue weighted by atomic mass is 9.89. The summed E-state index contributed by atoms with van der Waals surface area (Å²) in [6.07, 6.45) is 12.3. The molecule has 0 aromatic carbocycles. The molecule has 0 bridgehead atoms. The predicted molar refractivity (Wildman–Crippen MR) is 68.7 cm³/mol. The van der Waals surface area contributed by atoms with E-state index in [0.717, 1.165) is 19.1 Å². The van der Waals surface area contributed by atoms with Crippen LogP contribution in [0.4, 0.5) is 0 Å². The Bertz CT molecular complexity index is 373. The van der Waals surface area contributed by atoms with Crippen LogP contribution < -0.4 is 5.32 Å². The van der Waals surface area contributed by atoms with Crippen molar-refractivity contribution in [2.24, 2.45) is 5.41 Å². The normalized spacial score (nSPS) is 23.1. The molecule has 3 nitrogen and oxygen atoms in total. The highest BCUT2D eigenvalue weighted by Crippen LogP contribution is 2.39. The minimum Gasteiger partial charge on any atom is -0.333 e. The molecule has 1 N–H and O–H groups in total. The van der Waals surface area contributed by atoms with E-state index in [1.807, 2.05) is 12.5 Å². The molecule has 1 heterocycles. The van der Waals surface area contributed by atoms with E-state index in [9.17, 15) is 0 Å². The minimum absolute atomic E-state index is 0.509. The summed E-state index contributed by atoms with van der Waals surface area (Å²) in [6, 6.07) is 0.778. The maximum atomic E-state index is 4.32. The topological polar surface area (TPSA) is 29.9 Å². The van der Waals surface area contributed by atoms with Crippen molar-refractivity contribution >= 4 is 0 Å². The third kappa shape index (κ3) is 2.71. The lowest BCUT2D eigenvalue weighted by Gasteiger charge is -2.25. The van der Waals surface area contributed by atoms with Gasteiger partial charge in [-0.05, 0) is 31.1 Å². The Kier molecular flexibility index (Phi) is 2.95. The van der Waals surface area contributed by atoms with E-state index in [0.29, 0.717) is 5.41 Å². The zero-order chi connectivity index (χ0) is 11.7. The van der Waals surface area contributed by atoms with Crippen LogP contribution in [-0.2, 0) is 13.1 Å². The summed E-state index contributed by atoms with van der Waals surface area (Å²) in [4.78, 5) is 4.32. The Hall–Kier alpha value is -0.830. The number of nitrogens with zero attached hydrogens (tertiary/aromatic N) is 2. The molecular formula is C14H23N3. The van der Waals surface area contributed by atoms with Crippen LogP contribution in [0.3, 0.4) is 0 Å². The molecule has 3 heteroatoms. The number of imidazole rings is 1. The van der Waals surface area contributed by atoms with E-state index in [2.05, 4.69) is 21.8 Å². The second-order valence-corrected chi connectivity index (χ2v) is 6.19. The quantitative estimate of drug-likeness (QED) is 0.847. The Labute approximate surface area is 104 Å². The first kappa shape index (κ1) is 11.3. The number of hydrogen-bond acceptors (Lipinski definition) is 2. The van der Waals surface area contributed by atoms with Gasteiger partial charge >= 0.3 is 0 Å². The first-order valence-electron chi connectivity index (χ1n) is 6.98. The van der Waals surface area contributed by atoms with Crippen LogP contribution >= 0.6 is 0 Å². The van der Waals surface area contributed by atoms with Gasteiger partial charge < -0.3 is 9.88 Å². The predicted octanol–water partition coefficient (Wildman–Crippen LogP) is 2.72. The molecule has 1 aromatic heterocycles. The van der Waals surface area contributed by atoms with Crippen LogP contribution in [-0.4, -0.2) is 15.6 Å². The summed E-state index contributed by atoms with van der Waals surface area (Å²) in [7, 11) is 0. The van der Waals surface area contributed by atoms with Gasteiger partial charge in [-0.2, -0.15) is 0 Å². The van der Waals surface area contributed by atoms with Gasteiger partial charge in [-0.1, -0.05) is 19.8 Å². The third-order valence-corrected chi connectivity index (χ3v) is 4.31. The fourth-order valence-electron chi connectivity index (χ4n) is 2.97. The molecule has 0 radical (unpaired) electrons. The second kappa shape index (κ2) is 4.45. The van der Waals surface area contributed by atoms with Crippen molar-refractivity contribution in [3.63, 3.8) is 0 Å². The summed E-state index contributed by atoms with van der Waals surface area (Å²) in [5.41, 5.74) is 1.86. The van der Waals surface area contributed by atoms with Crippen molar-refractivity contribution in [2.75, 3.05) is 0 Å². The van der Waals surface area contributed by atoms with Crippen molar-refractivity contribution in [2.45, 2.75) is 64.6 Å². The molecule has 2 fully saturated rings. The largest absolute Gasteiger partial charge is 0.333 e. The summed E-state index contributed by atoms with van der Waals surface area (Å²) in [5, 5.41) is 3.58. The molecule has 2 aliphatic carbocycles.